The monoisotopic (exact) mass is 261 g/mol. The summed E-state index contributed by atoms with van der Waals surface area (Å²) in [5, 5.41) is 8.73. The van der Waals surface area contributed by atoms with Crippen LogP contribution in [0.1, 0.15) is 37.3 Å². The number of aryl methyl sites for hydroxylation is 1. The third-order valence-electron chi connectivity index (χ3n) is 3.77. The van der Waals surface area contributed by atoms with Gasteiger partial charge in [0.2, 0.25) is 0 Å². The highest BCUT2D eigenvalue weighted by atomic mass is 16.4. The molecule has 1 heterocycles. The first kappa shape index (κ1) is 14.1. The highest BCUT2D eigenvalue weighted by molar-refractivity contribution is 5.67. The van der Waals surface area contributed by atoms with Crippen LogP contribution in [0.3, 0.4) is 0 Å². The number of piperidine rings is 1. The lowest BCUT2D eigenvalue weighted by molar-refractivity contribution is -0.136. The van der Waals surface area contributed by atoms with Gasteiger partial charge in [-0.1, -0.05) is 31.2 Å². The Morgan fingerprint density at radius 2 is 2.21 bits per heavy atom. The van der Waals surface area contributed by atoms with Crippen molar-refractivity contribution in [1.82, 2.24) is 4.90 Å². The summed E-state index contributed by atoms with van der Waals surface area (Å²) in [5.41, 5.74) is 2.43. The third kappa shape index (κ3) is 4.67. The van der Waals surface area contributed by atoms with Gasteiger partial charge in [-0.2, -0.15) is 0 Å². The smallest absolute Gasteiger partial charge is 0.303 e. The van der Waals surface area contributed by atoms with Crippen LogP contribution in [0.15, 0.2) is 24.3 Å². The lowest BCUT2D eigenvalue weighted by Crippen LogP contribution is -2.33. The molecule has 1 aliphatic heterocycles. The lowest BCUT2D eigenvalue weighted by Gasteiger charge is -2.30. The largest absolute Gasteiger partial charge is 0.481 e. The molecule has 1 atom stereocenters. The molecule has 1 aromatic rings. The van der Waals surface area contributed by atoms with Gasteiger partial charge in [0.1, 0.15) is 0 Å². The lowest BCUT2D eigenvalue weighted by atomic mass is 9.99. The molecule has 1 unspecified atom stereocenters. The van der Waals surface area contributed by atoms with Crippen molar-refractivity contribution in [1.29, 1.82) is 0 Å². The number of carboxylic acid groups (broad SMARTS) is 1. The number of carbonyl (C=O) groups is 1. The first-order chi connectivity index (χ1) is 9.13. The Kier molecular flexibility index (Phi) is 4.97. The van der Waals surface area contributed by atoms with Gasteiger partial charge in [-0.3, -0.25) is 9.69 Å². The molecule has 1 aromatic carbocycles. The SMILES string of the molecule is CC1CCCN(Cc2cccc(CCC(=O)O)c2)C1. The van der Waals surface area contributed by atoms with E-state index >= 15 is 0 Å². The second-order valence-corrected chi connectivity index (χ2v) is 5.70. The molecule has 0 saturated carbocycles. The standard InChI is InChI=1S/C16H23NO2/c1-13-4-3-9-17(11-13)12-15-6-2-5-14(10-15)7-8-16(18)19/h2,5-6,10,13H,3-4,7-9,11-12H2,1H3,(H,18,19). The minimum atomic E-state index is -0.727. The van der Waals surface area contributed by atoms with Crippen molar-refractivity contribution in [3.8, 4) is 0 Å². The number of hydrogen-bond acceptors (Lipinski definition) is 2. The number of aliphatic carboxylic acids is 1. The van der Waals surface area contributed by atoms with Crippen LogP contribution in [0.25, 0.3) is 0 Å². The number of benzene rings is 1. The van der Waals surface area contributed by atoms with Gasteiger partial charge < -0.3 is 5.11 Å². The average Bonchev–Trinajstić information content (AvgIpc) is 2.37. The average molecular weight is 261 g/mol. The number of carboxylic acids is 1. The van der Waals surface area contributed by atoms with Crippen molar-refractivity contribution < 1.29 is 9.90 Å². The summed E-state index contributed by atoms with van der Waals surface area (Å²) in [6.07, 6.45) is 3.47. The van der Waals surface area contributed by atoms with Gasteiger partial charge in [0, 0.05) is 19.5 Å². The Balaban J connectivity index is 1.92. The van der Waals surface area contributed by atoms with Gasteiger partial charge in [-0.05, 0) is 42.9 Å². The summed E-state index contributed by atoms with van der Waals surface area (Å²) in [5.74, 6) is 0.0687. The Hall–Kier alpha value is -1.35. The molecule has 0 spiro atoms. The molecular weight excluding hydrogens is 238 g/mol. The summed E-state index contributed by atoms with van der Waals surface area (Å²) in [4.78, 5) is 13.1. The van der Waals surface area contributed by atoms with Crippen molar-refractivity contribution in [2.24, 2.45) is 5.92 Å². The second-order valence-electron chi connectivity index (χ2n) is 5.70. The molecule has 3 nitrogen and oxygen atoms in total. The summed E-state index contributed by atoms with van der Waals surface area (Å²) >= 11 is 0. The minimum absolute atomic E-state index is 0.213. The zero-order valence-electron chi connectivity index (χ0n) is 11.6. The van der Waals surface area contributed by atoms with Crippen molar-refractivity contribution in [2.75, 3.05) is 13.1 Å². The zero-order valence-corrected chi connectivity index (χ0v) is 11.6. The van der Waals surface area contributed by atoms with E-state index in [-0.39, 0.29) is 6.42 Å². The predicted molar refractivity (Wildman–Crippen MR) is 76.1 cm³/mol. The van der Waals surface area contributed by atoms with E-state index in [1.54, 1.807) is 0 Å². The maximum atomic E-state index is 10.6. The van der Waals surface area contributed by atoms with Crippen molar-refractivity contribution in [3.05, 3.63) is 35.4 Å². The number of rotatable bonds is 5. The van der Waals surface area contributed by atoms with Crippen molar-refractivity contribution in [3.63, 3.8) is 0 Å². The maximum Gasteiger partial charge on any atom is 0.303 e. The fourth-order valence-corrected chi connectivity index (χ4v) is 2.82. The Morgan fingerprint density at radius 3 is 2.95 bits per heavy atom. The Morgan fingerprint density at radius 1 is 1.42 bits per heavy atom. The molecule has 0 bridgehead atoms. The van der Waals surface area contributed by atoms with E-state index in [2.05, 4.69) is 24.0 Å². The van der Waals surface area contributed by atoms with E-state index in [1.165, 1.54) is 31.5 Å². The van der Waals surface area contributed by atoms with Crippen LogP contribution in [-0.2, 0) is 17.8 Å². The van der Waals surface area contributed by atoms with Gasteiger partial charge in [0.15, 0.2) is 0 Å². The van der Waals surface area contributed by atoms with E-state index in [4.69, 9.17) is 5.11 Å². The molecule has 0 aromatic heterocycles. The molecular formula is C16H23NO2. The highest BCUT2D eigenvalue weighted by Gasteiger charge is 2.16. The van der Waals surface area contributed by atoms with Crippen molar-refractivity contribution >= 4 is 5.97 Å². The second kappa shape index (κ2) is 6.71. The topological polar surface area (TPSA) is 40.5 Å². The molecule has 0 radical (unpaired) electrons. The summed E-state index contributed by atoms with van der Waals surface area (Å²) < 4.78 is 0. The minimum Gasteiger partial charge on any atom is -0.481 e. The number of likely N-dealkylation sites (tertiary alicyclic amines) is 1. The molecule has 2 rings (SSSR count). The molecule has 19 heavy (non-hydrogen) atoms. The van der Waals surface area contributed by atoms with E-state index in [0.29, 0.717) is 6.42 Å². The number of nitrogens with zero attached hydrogens (tertiary/aromatic N) is 1. The molecule has 0 amide bonds. The zero-order chi connectivity index (χ0) is 13.7. The first-order valence-corrected chi connectivity index (χ1v) is 7.15. The van der Waals surface area contributed by atoms with Crippen LogP contribution < -0.4 is 0 Å². The third-order valence-corrected chi connectivity index (χ3v) is 3.77. The normalized spacial score (nSPS) is 20.4. The fourth-order valence-electron chi connectivity index (χ4n) is 2.82. The molecule has 1 saturated heterocycles. The Labute approximate surface area is 115 Å². The van der Waals surface area contributed by atoms with Crippen LogP contribution >= 0.6 is 0 Å². The Bertz CT molecular complexity index is 431. The number of hydrogen-bond donors (Lipinski definition) is 1. The summed E-state index contributed by atoms with van der Waals surface area (Å²) in [6, 6.07) is 8.36. The van der Waals surface area contributed by atoms with Gasteiger partial charge in [0.05, 0.1) is 0 Å². The first-order valence-electron chi connectivity index (χ1n) is 7.15. The predicted octanol–water partition coefficient (Wildman–Crippen LogP) is 2.94. The van der Waals surface area contributed by atoms with Crippen molar-refractivity contribution in [2.45, 2.75) is 39.2 Å². The van der Waals surface area contributed by atoms with Gasteiger partial charge in [-0.25, -0.2) is 0 Å². The van der Waals surface area contributed by atoms with E-state index in [9.17, 15) is 4.79 Å². The van der Waals surface area contributed by atoms with Crippen LogP contribution in [0.4, 0.5) is 0 Å². The quantitative estimate of drug-likeness (QED) is 0.886. The van der Waals surface area contributed by atoms with E-state index in [1.807, 2.05) is 12.1 Å². The van der Waals surface area contributed by atoms with Gasteiger partial charge >= 0.3 is 5.97 Å². The van der Waals surface area contributed by atoms with Gasteiger partial charge in [0.25, 0.3) is 0 Å². The highest BCUT2D eigenvalue weighted by Crippen LogP contribution is 2.18. The molecule has 0 aliphatic carbocycles. The fraction of sp³-hybridized carbons (Fsp3) is 0.562. The molecule has 1 aliphatic rings. The van der Waals surface area contributed by atoms with Gasteiger partial charge in [-0.15, -0.1) is 0 Å². The molecule has 1 N–H and O–H groups in total. The summed E-state index contributed by atoms with van der Waals surface area (Å²) in [7, 11) is 0. The van der Waals surface area contributed by atoms with Crippen LogP contribution in [0.2, 0.25) is 0 Å². The van der Waals surface area contributed by atoms with Crippen LogP contribution in [0.5, 0.6) is 0 Å². The molecule has 3 heteroatoms. The van der Waals surface area contributed by atoms with Crippen LogP contribution in [0, 0.1) is 5.92 Å². The van der Waals surface area contributed by atoms with E-state index in [0.717, 1.165) is 18.0 Å². The molecule has 104 valence electrons. The van der Waals surface area contributed by atoms with Crippen LogP contribution in [-0.4, -0.2) is 29.1 Å². The maximum absolute atomic E-state index is 10.6. The van der Waals surface area contributed by atoms with E-state index < -0.39 is 5.97 Å². The summed E-state index contributed by atoms with van der Waals surface area (Å²) in [6.45, 7) is 5.67. The molecule has 1 fully saturated rings.